The zero-order valence-electron chi connectivity index (χ0n) is 40.4. The van der Waals surface area contributed by atoms with E-state index in [-0.39, 0.29) is 67.9 Å². The number of rotatable bonds is 20. The lowest BCUT2D eigenvalue weighted by atomic mass is 10.00. The van der Waals surface area contributed by atoms with Crippen LogP contribution < -0.4 is 20.1 Å². The average Bonchev–Trinajstić information content (AvgIpc) is 4.17. The van der Waals surface area contributed by atoms with Gasteiger partial charge in [0.1, 0.15) is 42.9 Å². The second kappa shape index (κ2) is 22.8. The van der Waals surface area contributed by atoms with Crippen LogP contribution in [0.25, 0.3) is 21.7 Å². The molecule has 4 aromatic carbocycles. The Morgan fingerprint density at radius 2 is 1.70 bits per heavy atom. The van der Waals surface area contributed by atoms with Crippen molar-refractivity contribution in [1.29, 1.82) is 5.26 Å². The van der Waals surface area contributed by atoms with Gasteiger partial charge in [-0.3, -0.25) is 23.9 Å². The van der Waals surface area contributed by atoms with Crippen LogP contribution in [-0.2, 0) is 34.0 Å². The highest BCUT2D eigenvalue weighted by molar-refractivity contribution is 7.13. The quantitative estimate of drug-likeness (QED) is 0.0706. The molecule has 0 unspecified atom stereocenters. The lowest BCUT2D eigenvalue weighted by Crippen LogP contribution is -2.55. The Morgan fingerprint density at radius 3 is 2.42 bits per heavy atom. The van der Waals surface area contributed by atoms with E-state index < -0.39 is 12.1 Å². The van der Waals surface area contributed by atoms with Crippen LogP contribution in [0.5, 0.6) is 11.5 Å². The van der Waals surface area contributed by atoms with Crippen LogP contribution in [0.1, 0.15) is 77.2 Å². The molecular weight excluding hydrogens is 940 g/mol. The molecular formula is C54H57ClN8O7S. The Hall–Kier alpha value is -7.06. The van der Waals surface area contributed by atoms with Gasteiger partial charge in [-0.2, -0.15) is 10.4 Å². The fourth-order valence-electron chi connectivity index (χ4n) is 9.09. The van der Waals surface area contributed by atoms with Crippen molar-refractivity contribution >= 4 is 46.6 Å². The van der Waals surface area contributed by atoms with E-state index in [9.17, 15) is 19.2 Å². The lowest BCUT2D eigenvalue weighted by Gasteiger charge is -2.35. The molecule has 8 rings (SSSR count). The monoisotopic (exact) mass is 996 g/mol. The summed E-state index contributed by atoms with van der Waals surface area (Å²) in [5, 5.41) is 20.2. The maximum atomic E-state index is 14.4. The van der Waals surface area contributed by atoms with Gasteiger partial charge in [-0.1, -0.05) is 68.8 Å². The summed E-state index contributed by atoms with van der Waals surface area (Å²) in [5.74, 6) is 0.288. The van der Waals surface area contributed by atoms with Gasteiger partial charge in [0, 0.05) is 54.1 Å². The van der Waals surface area contributed by atoms with Gasteiger partial charge in [0.2, 0.25) is 11.8 Å². The van der Waals surface area contributed by atoms with Gasteiger partial charge in [-0.15, -0.1) is 11.3 Å². The molecule has 4 amide bonds. The van der Waals surface area contributed by atoms with Crippen molar-refractivity contribution in [2.24, 2.45) is 11.8 Å². The first-order chi connectivity index (χ1) is 34.3. The number of benzene rings is 4. The highest BCUT2D eigenvalue weighted by Gasteiger charge is 2.45. The fourth-order valence-corrected chi connectivity index (χ4v) is 10.1. The van der Waals surface area contributed by atoms with Gasteiger partial charge in [0.25, 0.3) is 11.8 Å². The van der Waals surface area contributed by atoms with E-state index in [4.69, 9.17) is 31.1 Å². The summed E-state index contributed by atoms with van der Waals surface area (Å²) in [7, 11) is 0. The molecule has 1 saturated heterocycles. The molecule has 71 heavy (non-hydrogen) atoms. The number of likely N-dealkylation sites (tertiary alicyclic amines) is 1. The fraction of sp³-hybridized carbons (Fsp3) is 0.352. The molecule has 1 fully saturated rings. The molecule has 4 atom stereocenters. The average molecular weight is 998 g/mol. The van der Waals surface area contributed by atoms with Gasteiger partial charge in [0.05, 0.1) is 52.1 Å². The number of amides is 4. The van der Waals surface area contributed by atoms with E-state index in [0.29, 0.717) is 71.6 Å². The molecule has 0 saturated carbocycles. The lowest BCUT2D eigenvalue weighted by molar-refractivity contribution is -0.143. The number of fused-ring (bicyclic) bond motifs is 1. The minimum atomic E-state index is -0.699. The number of nitrogens with one attached hydrogen (secondary N) is 2. The highest BCUT2D eigenvalue weighted by atomic mass is 35.5. The first-order valence-corrected chi connectivity index (χ1v) is 25.0. The topological polar surface area (TPSA) is 181 Å². The van der Waals surface area contributed by atoms with E-state index in [1.54, 1.807) is 68.5 Å². The molecule has 17 heteroatoms. The van der Waals surface area contributed by atoms with Crippen molar-refractivity contribution in [2.45, 2.75) is 78.8 Å². The van der Waals surface area contributed by atoms with Crippen molar-refractivity contribution in [3.8, 4) is 39.3 Å². The molecule has 368 valence electrons. The summed E-state index contributed by atoms with van der Waals surface area (Å²) >= 11 is 7.74. The number of thiazole rings is 1. The zero-order valence-corrected chi connectivity index (χ0v) is 42.0. The molecule has 4 heterocycles. The number of halogens is 1. The van der Waals surface area contributed by atoms with Crippen molar-refractivity contribution in [3.05, 3.63) is 141 Å². The van der Waals surface area contributed by atoms with Gasteiger partial charge >= 0.3 is 0 Å². The van der Waals surface area contributed by atoms with Crippen molar-refractivity contribution in [2.75, 3.05) is 33.0 Å². The normalized spacial score (nSPS) is 16.1. The van der Waals surface area contributed by atoms with Crippen molar-refractivity contribution in [3.63, 3.8) is 0 Å². The maximum absolute atomic E-state index is 14.4. The van der Waals surface area contributed by atoms with E-state index in [0.717, 1.165) is 32.8 Å². The molecule has 2 aromatic heterocycles. The number of hydrogen-bond donors (Lipinski definition) is 2. The maximum Gasteiger partial charge on any atom is 0.255 e. The Bertz CT molecular complexity index is 2930. The molecule has 15 nitrogen and oxygen atoms in total. The number of nitriles is 1. The molecule has 6 aromatic rings. The summed E-state index contributed by atoms with van der Waals surface area (Å²) in [6, 6.07) is 27.7. The molecule has 2 N–H and O–H groups in total. The molecule has 2 aliphatic rings. The summed E-state index contributed by atoms with van der Waals surface area (Å²) < 4.78 is 19.8. The number of carbonyl (C=O) groups is 4. The van der Waals surface area contributed by atoms with Crippen LogP contribution in [-0.4, -0.2) is 99.3 Å². The summed E-state index contributed by atoms with van der Waals surface area (Å²) in [6.07, 6.45) is 2.35. The minimum Gasteiger partial charge on any atom is -0.491 e. The van der Waals surface area contributed by atoms with Crippen LogP contribution in [0.2, 0.25) is 5.02 Å². The van der Waals surface area contributed by atoms with Crippen LogP contribution >= 0.6 is 22.9 Å². The molecule has 0 aliphatic carbocycles. The standard InChI is InChI=1S/C54H57ClN8O7S/c1-33(2)49(63-31-42-8-6-7-9-44(42)53(63)66)54(67)62-29-34(3)24-47(62)52(65)57-28-41-13-11-39(50-36(5)58-32-71-50)26-48(41)70-23-21-68-20-22-69-43-16-14-37(15-17-43)51(64)59-35(4)30-61-19-18-46(60-61)38-10-12-40(27-56)45(55)25-38/h6-19,25-26,32-35,47,49H,20-24,28-31H2,1-5H3,(H,57,65)(H,59,64)/t34-,35+,47+,49+/m1/s1. The van der Waals surface area contributed by atoms with Crippen LogP contribution in [0.4, 0.5) is 0 Å². The largest absolute Gasteiger partial charge is 0.491 e. The molecule has 0 radical (unpaired) electrons. The third kappa shape index (κ3) is 11.9. The number of nitrogens with zero attached hydrogens (tertiary/aromatic N) is 6. The number of aromatic nitrogens is 3. The van der Waals surface area contributed by atoms with Gasteiger partial charge < -0.3 is 34.6 Å². The third-order valence-corrected chi connectivity index (χ3v) is 13.9. The van der Waals surface area contributed by atoms with E-state index in [1.807, 2.05) is 83.3 Å². The van der Waals surface area contributed by atoms with Gasteiger partial charge in [0.15, 0.2) is 0 Å². The van der Waals surface area contributed by atoms with Gasteiger partial charge in [-0.05, 0) is 97.8 Å². The zero-order chi connectivity index (χ0) is 50.2. The molecule has 2 aliphatic heterocycles. The van der Waals surface area contributed by atoms with Crippen LogP contribution in [0, 0.1) is 30.1 Å². The number of ether oxygens (including phenoxy) is 3. The predicted molar refractivity (Wildman–Crippen MR) is 271 cm³/mol. The van der Waals surface area contributed by atoms with Gasteiger partial charge in [-0.25, -0.2) is 4.98 Å². The SMILES string of the molecule is Cc1ncsc1-c1ccc(CNC(=O)[C@@H]2C[C@@H](C)CN2C(=O)[C@H](C(C)C)N2Cc3ccccc3C2=O)c(OCCOCCOc2ccc(C(=O)N[C@@H](C)Cn3ccc(-c4ccc(C#N)c(Cl)c4)n3)cc2)c1. The van der Waals surface area contributed by atoms with Crippen LogP contribution in [0.15, 0.2) is 103 Å². The second-order valence-corrected chi connectivity index (χ2v) is 19.6. The highest BCUT2D eigenvalue weighted by Crippen LogP contribution is 2.34. The Labute approximate surface area is 422 Å². The van der Waals surface area contributed by atoms with Crippen LogP contribution in [0.3, 0.4) is 0 Å². The minimum absolute atomic E-state index is 0.106. The molecule has 0 spiro atoms. The molecule has 0 bridgehead atoms. The Kier molecular flexibility index (Phi) is 16.2. The van der Waals surface area contributed by atoms with E-state index in [1.165, 1.54) is 11.3 Å². The number of hydrogen-bond acceptors (Lipinski definition) is 11. The Morgan fingerprint density at radius 1 is 0.944 bits per heavy atom. The predicted octanol–water partition coefficient (Wildman–Crippen LogP) is 8.33. The third-order valence-electron chi connectivity index (χ3n) is 12.7. The Balaban J connectivity index is 0.801. The first-order valence-electron chi connectivity index (χ1n) is 23.8. The van der Waals surface area contributed by atoms with Crippen molar-refractivity contribution in [1.82, 2.24) is 35.2 Å². The van der Waals surface area contributed by atoms with E-state index >= 15 is 0 Å². The first kappa shape index (κ1) is 50.3. The summed E-state index contributed by atoms with van der Waals surface area (Å²) in [4.78, 5) is 63.7. The summed E-state index contributed by atoms with van der Waals surface area (Å²) in [6.45, 7) is 12.3. The van der Waals surface area contributed by atoms with Crippen molar-refractivity contribution < 1.29 is 33.4 Å². The smallest absolute Gasteiger partial charge is 0.255 e. The number of aryl methyl sites for hydroxylation is 1. The summed E-state index contributed by atoms with van der Waals surface area (Å²) in [5.41, 5.74) is 8.33. The second-order valence-electron chi connectivity index (χ2n) is 18.4. The van der Waals surface area contributed by atoms with E-state index in [2.05, 4.69) is 26.8 Å². The number of carbonyl (C=O) groups excluding carboxylic acids is 4.